The summed E-state index contributed by atoms with van der Waals surface area (Å²) in [5.41, 5.74) is 3.89. The third-order valence-corrected chi connectivity index (χ3v) is 6.13. The van der Waals surface area contributed by atoms with Gasteiger partial charge in [0, 0.05) is 26.2 Å². The van der Waals surface area contributed by atoms with Crippen LogP contribution in [0.15, 0.2) is 85.2 Å². The molecule has 0 saturated carbocycles. The molecule has 1 aliphatic rings. The lowest BCUT2D eigenvalue weighted by Gasteiger charge is -2.38. The van der Waals surface area contributed by atoms with E-state index in [9.17, 15) is 4.79 Å². The number of hydrogen-bond donors (Lipinski definition) is 0. The Hall–Kier alpha value is -3.80. The number of carbonyl (C=O) groups excluding carboxylic acids is 1. The van der Waals surface area contributed by atoms with Crippen LogP contribution in [-0.4, -0.2) is 53.6 Å². The number of benzene rings is 3. The van der Waals surface area contributed by atoms with E-state index in [4.69, 9.17) is 4.74 Å². The van der Waals surface area contributed by atoms with Crippen molar-refractivity contribution in [3.8, 4) is 5.75 Å². The number of carbonyl (C=O) groups is 1. The molecule has 0 aliphatic carbocycles. The fraction of sp³-hybridized carbons (Fsp3) is 0.231. The third-order valence-electron chi connectivity index (χ3n) is 6.13. The number of fused-ring (bicyclic) bond motifs is 1. The predicted octanol–water partition coefficient (Wildman–Crippen LogP) is 3.98. The van der Waals surface area contributed by atoms with E-state index in [0.29, 0.717) is 13.1 Å². The monoisotopic (exact) mass is 426 g/mol. The van der Waals surface area contributed by atoms with Crippen LogP contribution in [0, 0.1) is 0 Å². The van der Waals surface area contributed by atoms with Gasteiger partial charge in [-0.3, -0.25) is 4.79 Å². The van der Waals surface area contributed by atoms with Crippen molar-refractivity contribution >= 4 is 22.6 Å². The van der Waals surface area contributed by atoms with Gasteiger partial charge in [0.1, 0.15) is 11.8 Å². The van der Waals surface area contributed by atoms with Crippen LogP contribution < -0.4 is 9.64 Å². The van der Waals surface area contributed by atoms with E-state index in [1.54, 1.807) is 13.4 Å². The third kappa shape index (κ3) is 3.68. The number of anilines is 1. The normalized spacial score (nSPS) is 15.0. The Balaban J connectivity index is 1.42. The Morgan fingerprint density at radius 2 is 1.56 bits per heavy atom. The molecule has 6 nitrogen and oxygen atoms in total. The number of imidazole rings is 1. The average molecular weight is 427 g/mol. The molecule has 1 atom stereocenters. The van der Waals surface area contributed by atoms with Crippen molar-refractivity contribution in [1.82, 2.24) is 14.5 Å². The molecule has 0 N–H and O–H groups in total. The zero-order valence-corrected chi connectivity index (χ0v) is 18.1. The number of methoxy groups -OCH3 is 1. The molecular weight excluding hydrogens is 400 g/mol. The first-order valence-corrected chi connectivity index (χ1v) is 10.9. The molecule has 32 heavy (non-hydrogen) atoms. The molecule has 162 valence electrons. The summed E-state index contributed by atoms with van der Waals surface area (Å²) < 4.78 is 7.53. The Morgan fingerprint density at radius 1 is 0.875 bits per heavy atom. The highest BCUT2D eigenvalue weighted by molar-refractivity contribution is 5.87. The van der Waals surface area contributed by atoms with Crippen molar-refractivity contribution in [2.24, 2.45) is 0 Å². The van der Waals surface area contributed by atoms with Crippen molar-refractivity contribution in [2.45, 2.75) is 6.04 Å². The van der Waals surface area contributed by atoms with Crippen molar-refractivity contribution in [3.63, 3.8) is 0 Å². The van der Waals surface area contributed by atoms with Gasteiger partial charge in [0.2, 0.25) is 5.91 Å². The first-order chi connectivity index (χ1) is 15.8. The van der Waals surface area contributed by atoms with Gasteiger partial charge in [-0.25, -0.2) is 4.98 Å². The van der Waals surface area contributed by atoms with Gasteiger partial charge in [0.25, 0.3) is 0 Å². The second-order valence-electron chi connectivity index (χ2n) is 7.94. The van der Waals surface area contributed by atoms with Crippen LogP contribution >= 0.6 is 0 Å². The number of para-hydroxylation sites is 4. The lowest BCUT2D eigenvalue weighted by atomic mass is 10.0. The molecule has 0 radical (unpaired) electrons. The predicted molar refractivity (Wildman–Crippen MR) is 126 cm³/mol. The van der Waals surface area contributed by atoms with Gasteiger partial charge in [0.05, 0.1) is 30.2 Å². The summed E-state index contributed by atoms with van der Waals surface area (Å²) >= 11 is 0. The molecule has 0 bridgehead atoms. The molecule has 1 amide bonds. The Kier molecular flexibility index (Phi) is 5.50. The molecule has 6 heteroatoms. The number of nitrogens with zero attached hydrogens (tertiary/aromatic N) is 4. The maximum absolute atomic E-state index is 13.8. The smallest absolute Gasteiger partial charge is 0.250 e. The van der Waals surface area contributed by atoms with Gasteiger partial charge in [-0.15, -0.1) is 0 Å². The van der Waals surface area contributed by atoms with E-state index in [1.165, 1.54) is 0 Å². The lowest BCUT2D eigenvalue weighted by molar-refractivity contribution is -0.133. The summed E-state index contributed by atoms with van der Waals surface area (Å²) in [5.74, 6) is 0.957. The number of ether oxygens (including phenoxy) is 1. The van der Waals surface area contributed by atoms with Crippen molar-refractivity contribution in [1.29, 1.82) is 0 Å². The van der Waals surface area contributed by atoms with Gasteiger partial charge >= 0.3 is 0 Å². The van der Waals surface area contributed by atoms with Gasteiger partial charge in [0.15, 0.2) is 0 Å². The van der Waals surface area contributed by atoms with Crippen LogP contribution in [-0.2, 0) is 4.79 Å². The fourth-order valence-corrected chi connectivity index (χ4v) is 4.47. The minimum Gasteiger partial charge on any atom is -0.495 e. The second-order valence-corrected chi connectivity index (χ2v) is 7.94. The van der Waals surface area contributed by atoms with Gasteiger partial charge in [-0.1, -0.05) is 54.6 Å². The van der Waals surface area contributed by atoms with Crippen molar-refractivity contribution < 1.29 is 9.53 Å². The summed E-state index contributed by atoms with van der Waals surface area (Å²) in [6, 6.07) is 25.5. The number of piperazine rings is 1. The molecule has 0 spiro atoms. The highest BCUT2D eigenvalue weighted by atomic mass is 16.5. The molecule has 5 rings (SSSR count). The molecule has 1 aromatic heterocycles. The molecule has 1 fully saturated rings. The maximum atomic E-state index is 13.8. The maximum Gasteiger partial charge on any atom is 0.250 e. The quantitative estimate of drug-likeness (QED) is 0.484. The first-order valence-electron chi connectivity index (χ1n) is 10.9. The van der Waals surface area contributed by atoms with Gasteiger partial charge < -0.3 is 19.1 Å². The number of rotatable bonds is 5. The number of hydrogen-bond acceptors (Lipinski definition) is 4. The van der Waals surface area contributed by atoms with Gasteiger partial charge in [-0.2, -0.15) is 0 Å². The lowest BCUT2D eigenvalue weighted by Crippen LogP contribution is -2.50. The summed E-state index contributed by atoms with van der Waals surface area (Å²) in [7, 11) is 1.69. The summed E-state index contributed by atoms with van der Waals surface area (Å²) in [5, 5.41) is 0. The number of aromatic nitrogens is 2. The van der Waals surface area contributed by atoms with Crippen LogP contribution in [0.4, 0.5) is 5.69 Å². The molecular formula is C26H26N4O2. The van der Waals surface area contributed by atoms with Crippen molar-refractivity contribution in [3.05, 3.63) is 90.8 Å². The van der Waals surface area contributed by atoms with E-state index < -0.39 is 6.04 Å². The zero-order valence-electron chi connectivity index (χ0n) is 18.1. The standard InChI is InChI=1S/C26H26N4O2/c1-32-24-14-8-7-13-23(24)28-15-17-29(18-16-28)26(31)25(20-9-3-2-4-10-20)30-19-27-21-11-5-6-12-22(21)30/h2-14,19,25H,15-18H2,1H3. The van der Waals surface area contributed by atoms with E-state index in [1.807, 2.05) is 82.3 Å². The van der Waals surface area contributed by atoms with E-state index in [2.05, 4.69) is 16.0 Å². The summed E-state index contributed by atoms with van der Waals surface area (Å²) in [6.45, 7) is 2.84. The Labute approximate surface area is 187 Å². The van der Waals surface area contributed by atoms with Gasteiger partial charge in [-0.05, 0) is 29.8 Å². The molecule has 4 aromatic rings. The van der Waals surface area contributed by atoms with Crippen LogP contribution in [0.1, 0.15) is 11.6 Å². The largest absolute Gasteiger partial charge is 0.495 e. The average Bonchev–Trinajstić information content (AvgIpc) is 3.29. The first kappa shape index (κ1) is 20.1. The van der Waals surface area contributed by atoms with E-state index in [0.717, 1.165) is 41.1 Å². The zero-order chi connectivity index (χ0) is 21.9. The van der Waals surface area contributed by atoms with Crippen LogP contribution in [0.2, 0.25) is 0 Å². The number of amides is 1. The molecule has 1 aliphatic heterocycles. The Morgan fingerprint density at radius 3 is 2.34 bits per heavy atom. The van der Waals surface area contributed by atoms with Crippen LogP contribution in [0.3, 0.4) is 0 Å². The summed E-state index contributed by atoms with van der Waals surface area (Å²) in [6.07, 6.45) is 1.78. The molecule has 2 heterocycles. The van der Waals surface area contributed by atoms with Crippen LogP contribution in [0.5, 0.6) is 5.75 Å². The highest BCUT2D eigenvalue weighted by Gasteiger charge is 2.31. The minimum absolute atomic E-state index is 0.0963. The van der Waals surface area contributed by atoms with E-state index >= 15 is 0 Å². The van der Waals surface area contributed by atoms with Crippen molar-refractivity contribution in [2.75, 3.05) is 38.2 Å². The topological polar surface area (TPSA) is 50.6 Å². The molecule has 1 unspecified atom stereocenters. The van der Waals surface area contributed by atoms with Crippen LogP contribution in [0.25, 0.3) is 11.0 Å². The fourth-order valence-electron chi connectivity index (χ4n) is 4.47. The SMILES string of the molecule is COc1ccccc1N1CCN(C(=O)C(c2ccccc2)n2cnc3ccccc32)CC1. The Bertz CT molecular complexity index is 1210. The molecule has 3 aromatic carbocycles. The summed E-state index contributed by atoms with van der Waals surface area (Å²) in [4.78, 5) is 22.6. The highest BCUT2D eigenvalue weighted by Crippen LogP contribution is 2.30. The van der Waals surface area contributed by atoms with E-state index in [-0.39, 0.29) is 5.91 Å². The molecule has 1 saturated heterocycles. The minimum atomic E-state index is -0.443. The second kappa shape index (κ2) is 8.75.